The van der Waals surface area contributed by atoms with Crippen LogP contribution in [-0.4, -0.2) is 71.7 Å². The number of amides is 4. The highest BCUT2D eigenvalue weighted by Crippen LogP contribution is 2.12. The molecule has 0 radical (unpaired) electrons. The van der Waals surface area contributed by atoms with Crippen molar-refractivity contribution < 1.29 is 19.2 Å². The molecule has 2 unspecified atom stereocenters. The van der Waals surface area contributed by atoms with Gasteiger partial charge in [-0.05, 0) is 12.8 Å². The molecule has 2 N–H and O–H groups in total. The monoisotopic (exact) mass is 310 g/mol. The van der Waals surface area contributed by atoms with E-state index in [0.717, 1.165) is 6.42 Å². The van der Waals surface area contributed by atoms with Crippen LogP contribution in [0.4, 0.5) is 0 Å². The molecule has 4 amide bonds. The first kappa shape index (κ1) is 16.3. The van der Waals surface area contributed by atoms with E-state index in [1.807, 2.05) is 0 Å². The van der Waals surface area contributed by atoms with Crippen molar-refractivity contribution in [2.75, 3.05) is 26.2 Å². The fraction of sp³-hybridized carbons (Fsp3) is 0.714. The average molecular weight is 310 g/mol. The van der Waals surface area contributed by atoms with Gasteiger partial charge in [0, 0.05) is 33.5 Å². The Hall–Kier alpha value is -2.12. The highest BCUT2D eigenvalue weighted by molar-refractivity contribution is 5.92. The van der Waals surface area contributed by atoms with E-state index >= 15 is 0 Å². The summed E-state index contributed by atoms with van der Waals surface area (Å²) < 4.78 is 0. The van der Waals surface area contributed by atoms with E-state index in [-0.39, 0.29) is 30.2 Å². The molecular formula is C14H22N4O4. The van der Waals surface area contributed by atoms with Crippen molar-refractivity contribution in [3.8, 4) is 0 Å². The molecule has 0 aromatic carbocycles. The highest BCUT2D eigenvalue weighted by atomic mass is 16.2. The first-order chi connectivity index (χ1) is 10.4. The van der Waals surface area contributed by atoms with Crippen molar-refractivity contribution in [2.45, 2.75) is 38.8 Å². The SMILES string of the molecule is CC(=O)N1CCN(C(C)=O)C(C(=O)NC2CCCNC2=O)C1. The van der Waals surface area contributed by atoms with Gasteiger partial charge in [-0.2, -0.15) is 0 Å². The molecule has 2 rings (SSSR count). The minimum Gasteiger partial charge on any atom is -0.354 e. The zero-order valence-electron chi connectivity index (χ0n) is 12.9. The van der Waals surface area contributed by atoms with Crippen molar-refractivity contribution in [3.05, 3.63) is 0 Å². The Bertz CT molecular complexity index is 493. The van der Waals surface area contributed by atoms with Gasteiger partial charge in [0.25, 0.3) is 0 Å². The molecule has 2 aliphatic rings. The van der Waals surface area contributed by atoms with Crippen molar-refractivity contribution >= 4 is 23.6 Å². The smallest absolute Gasteiger partial charge is 0.245 e. The van der Waals surface area contributed by atoms with Crippen molar-refractivity contribution in [2.24, 2.45) is 0 Å². The fourth-order valence-corrected chi connectivity index (χ4v) is 2.85. The molecule has 22 heavy (non-hydrogen) atoms. The average Bonchev–Trinajstić information content (AvgIpc) is 2.48. The zero-order chi connectivity index (χ0) is 16.3. The molecule has 0 aromatic heterocycles. The number of hydrogen-bond acceptors (Lipinski definition) is 4. The minimum atomic E-state index is -0.745. The zero-order valence-corrected chi connectivity index (χ0v) is 12.9. The second-order valence-electron chi connectivity index (χ2n) is 5.69. The molecular weight excluding hydrogens is 288 g/mol. The molecule has 122 valence electrons. The normalized spacial score (nSPS) is 25.5. The van der Waals surface area contributed by atoms with Crippen LogP contribution in [0.1, 0.15) is 26.7 Å². The number of nitrogens with one attached hydrogen (secondary N) is 2. The van der Waals surface area contributed by atoms with Gasteiger partial charge >= 0.3 is 0 Å². The van der Waals surface area contributed by atoms with Gasteiger partial charge in [-0.1, -0.05) is 0 Å². The third kappa shape index (κ3) is 3.55. The summed E-state index contributed by atoms with van der Waals surface area (Å²) in [5, 5.41) is 5.40. The molecule has 0 aromatic rings. The van der Waals surface area contributed by atoms with Gasteiger partial charge in [-0.15, -0.1) is 0 Å². The molecule has 2 saturated heterocycles. The summed E-state index contributed by atoms with van der Waals surface area (Å²) >= 11 is 0. The molecule has 2 fully saturated rings. The Morgan fingerprint density at radius 1 is 1.18 bits per heavy atom. The Morgan fingerprint density at radius 3 is 2.50 bits per heavy atom. The summed E-state index contributed by atoms with van der Waals surface area (Å²) in [6, 6.07) is -1.31. The van der Waals surface area contributed by atoms with Crippen LogP contribution < -0.4 is 10.6 Å². The van der Waals surface area contributed by atoms with Gasteiger partial charge in [0.2, 0.25) is 23.6 Å². The Labute approximate surface area is 129 Å². The molecule has 0 spiro atoms. The van der Waals surface area contributed by atoms with E-state index in [4.69, 9.17) is 0 Å². The summed E-state index contributed by atoms with van der Waals surface area (Å²) in [7, 11) is 0. The minimum absolute atomic E-state index is 0.128. The van der Waals surface area contributed by atoms with E-state index in [1.54, 1.807) is 4.90 Å². The Balaban J connectivity index is 2.06. The van der Waals surface area contributed by atoms with E-state index < -0.39 is 12.1 Å². The van der Waals surface area contributed by atoms with Crippen LogP contribution in [0, 0.1) is 0 Å². The number of rotatable bonds is 2. The van der Waals surface area contributed by atoms with Gasteiger partial charge in [0.05, 0.1) is 6.54 Å². The van der Waals surface area contributed by atoms with E-state index in [2.05, 4.69) is 10.6 Å². The second kappa shape index (κ2) is 6.76. The third-order valence-corrected chi connectivity index (χ3v) is 4.13. The predicted octanol–water partition coefficient (Wildman–Crippen LogP) is -1.54. The van der Waals surface area contributed by atoms with Crippen LogP contribution >= 0.6 is 0 Å². The maximum Gasteiger partial charge on any atom is 0.245 e. The Morgan fingerprint density at radius 2 is 1.91 bits per heavy atom. The number of piperidine rings is 1. The lowest BCUT2D eigenvalue weighted by Crippen LogP contribution is -2.63. The first-order valence-corrected chi connectivity index (χ1v) is 7.51. The lowest BCUT2D eigenvalue weighted by atomic mass is 10.1. The molecule has 8 heteroatoms. The Kier molecular flexibility index (Phi) is 4.99. The van der Waals surface area contributed by atoms with Crippen molar-refractivity contribution in [3.63, 3.8) is 0 Å². The lowest BCUT2D eigenvalue weighted by molar-refractivity contribution is -0.147. The van der Waals surface area contributed by atoms with Crippen LogP contribution in [0.3, 0.4) is 0 Å². The van der Waals surface area contributed by atoms with E-state index in [9.17, 15) is 19.2 Å². The fourth-order valence-electron chi connectivity index (χ4n) is 2.85. The number of carbonyl (C=O) groups excluding carboxylic acids is 4. The van der Waals surface area contributed by atoms with Crippen LogP contribution in [0.5, 0.6) is 0 Å². The molecule has 0 saturated carbocycles. The lowest BCUT2D eigenvalue weighted by Gasteiger charge is -2.40. The second-order valence-corrected chi connectivity index (χ2v) is 5.69. The maximum atomic E-state index is 12.5. The van der Waals surface area contributed by atoms with Gasteiger partial charge in [0.1, 0.15) is 12.1 Å². The summed E-state index contributed by atoms with van der Waals surface area (Å²) in [6.45, 7) is 4.36. The van der Waals surface area contributed by atoms with E-state index in [1.165, 1.54) is 18.7 Å². The summed E-state index contributed by atoms with van der Waals surface area (Å²) in [5.74, 6) is -0.927. The van der Waals surface area contributed by atoms with Crippen LogP contribution in [0.25, 0.3) is 0 Å². The largest absolute Gasteiger partial charge is 0.354 e. The van der Waals surface area contributed by atoms with Crippen LogP contribution in [0.15, 0.2) is 0 Å². The molecule has 0 bridgehead atoms. The quantitative estimate of drug-likeness (QED) is 0.646. The number of nitrogens with zero attached hydrogens (tertiary/aromatic N) is 2. The van der Waals surface area contributed by atoms with Gasteiger partial charge in [-0.25, -0.2) is 0 Å². The molecule has 2 heterocycles. The van der Waals surface area contributed by atoms with Crippen LogP contribution in [0.2, 0.25) is 0 Å². The molecule has 0 aliphatic carbocycles. The summed E-state index contributed by atoms with van der Waals surface area (Å²) in [5.41, 5.74) is 0. The van der Waals surface area contributed by atoms with Crippen LogP contribution in [-0.2, 0) is 19.2 Å². The molecule has 2 aliphatic heterocycles. The van der Waals surface area contributed by atoms with Gasteiger partial charge in [-0.3, -0.25) is 19.2 Å². The summed E-state index contributed by atoms with van der Waals surface area (Å²) in [6.07, 6.45) is 1.39. The topological polar surface area (TPSA) is 98.8 Å². The highest BCUT2D eigenvalue weighted by Gasteiger charge is 2.36. The van der Waals surface area contributed by atoms with E-state index in [0.29, 0.717) is 26.1 Å². The molecule has 8 nitrogen and oxygen atoms in total. The summed E-state index contributed by atoms with van der Waals surface area (Å²) in [4.78, 5) is 50.4. The predicted molar refractivity (Wildman–Crippen MR) is 77.6 cm³/mol. The van der Waals surface area contributed by atoms with Crippen molar-refractivity contribution in [1.82, 2.24) is 20.4 Å². The maximum absolute atomic E-state index is 12.5. The third-order valence-electron chi connectivity index (χ3n) is 4.13. The number of hydrogen-bond donors (Lipinski definition) is 2. The van der Waals surface area contributed by atoms with Gasteiger partial charge in [0.15, 0.2) is 0 Å². The first-order valence-electron chi connectivity index (χ1n) is 7.51. The standard InChI is InChI=1S/C14H22N4O4/c1-9(19)17-6-7-18(10(2)20)12(8-17)14(22)16-11-4-3-5-15-13(11)21/h11-12H,3-8H2,1-2H3,(H,15,21)(H,16,22). The molecule has 2 atom stereocenters. The number of piperazine rings is 1. The number of carbonyl (C=O) groups is 4. The van der Waals surface area contributed by atoms with Gasteiger partial charge < -0.3 is 20.4 Å². The van der Waals surface area contributed by atoms with Crippen molar-refractivity contribution in [1.29, 1.82) is 0 Å².